The van der Waals surface area contributed by atoms with Crippen molar-refractivity contribution < 1.29 is 8.78 Å². The molecular formula is C13H10BrF2N3. The molecule has 2 aromatic rings. The van der Waals surface area contributed by atoms with Crippen molar-refractivity contribution in [3.05, 3.63) is 52.0 Å². The Morgan fingerprint density at radius 2 is 1.84 bits per heavy atom. The van der Waals surface area contributed by atoms with Crippen molar-refractivity contribution in [2.45, 2.75) is 0 Å². The van der Waals surface area contributed by atoms with Crippen molar-refractivity contribution in [3.63, 3.8) is 0 Å². The Morgan fingerprint density at radius 1 is 1.21 bits per heavy atom. The number of nitrogens with one attached hydrogen (secondary N) is 2. The smallest absolute Gasteiger partial charge is 0.163 e. The molecule has 0 aliphatic heterocycles. The van der Waals surface area contributed by atoms with Gasteiger partial charge in [-0.25, -0.2) is 8.78 Å². The van der Waals surface area contributed by atoms with Crippen LogP contribution in [0.3, 0.4) is 0 Å². The predicted octanol–water partition coefficient (Wildman–Crippen LogP) is 4.05. The molecule has 0 fully saturated rings. The highest BCUT2D eigenvalue weighted by Crippen LogP contribution is 2.33. The Labute approximate surface area is 117 Å². The van der Waals surface area contributed by atoms with Gasteiger partial charge in [0, 0.05) is 17.5 Å². The molecule has 0 spiro atoms. The highest BCUT2D eigenvalue weighted by Gasteiger charge is 2.13. The van der Waals surface area contributed by atoms with Crippen LogP contribution in [0.5, 0.6) is 0 Å². The second-order valence-electron chi connectivity index (χ2n) is 3.83. The lowest BCUT2D eigenvalue weighted by molar-refractivity contribution is 0.626. The highest BCUT2D eigenvalue weighted by molar-refractivity contribution is 9.10. The van der Waals surface area contributed by atoms with E-state index in [2.05, 4.69) is 21.2 Å². The molecule has 2 rings (SSSR count). The second kappa shape index (κ2) is 5.36. The molecule has 0 saturated heterocycles. The largest absolute Gasteiger partial charge is 0.396 e. The van der Waals surface area contributed by atoms with Gasteiger partial charge in [-0.05, 0) is 46.3 Å². The monoisotopic (exact) mass is 325 g/mol. The summed E-state index contributed by atoms with van der Waals surface area (Å²) in [6.07, 6.45) is 0.973. The van der Waals surface area contributed by atoms with Gasteiger partial charge in [-0.15, -0.1) is 0 Å². The average molecular weight is 326 g/mol. The topological polar surface area (TPSA) is 61.9 Å². The number of anilines is 3. The number of rotatable bonds is 3. The molecule has 0 aliphatic rings. The van der Waals surface area contributed by atoms with Crippen LogP contribution in [0.1, 0.15) is 5.56 Å². The van der Waals surface area contributed by atoms with E-state index >= 15 is 0 Å². The molecule has 6 heteroatoms. The normalized spacial score (nSPS) is 10.3. The number of hydrogen-bond acceptors (Lipinski definition) is 3. The zero-order valence-corrected chi connectivity index (χ0v) is 11.3. The number of nitrogens with two attached hydrogens (primary N) is 1. The zero-order valence-electron chi connectivity index (χ0n) is 9.68. The Balaban J connectivity index is 2.42. The molecular weight excluding hydrogens is 316 g/mol. The summed E-state index contributed by atoms with van der Waals surface area (Å²) in [5.41, 5.74) is 6.73. The number of benzene rings is 2. The molecule has 19 heavy (non-hydrogen) atoms. The fourth-order valence-corrected chi connectivity index (χ4v) is 1.99. The maximum absolute atomic E-state index is 13.8. The van der Waals surface area contributed by atoms with Crippen LogP contribution in [0.25, 0.3) is 0 Å². The minimum Gasteiger partial charge on any atom is -0.396 e. The summed E-state index contributed by atoms with van der Waals surface area (Å²) in [7, 11) is 0. The van der Waals surface area contributed by atoms with E-state index in [1.807, 2.05) is 0 Å². The first-order valence-corrected chi connectivity index (χ1v) is 6.12. The van der Waals surface area contributed by atoms with E-state index in [0.29, 0.717) is 11.4 Å². The Bertz CT molecular complexity index is 627. The van der Waals surface area contributed by atoms with Crippen LogP contribution < -0.4 is 11.1 Å². The lowest BCUT2D eigenvalue weighted by Gasteiger charge is -2.12. The van der Waals surface area contributed by atoms with E-state index in [1.165, 1.54) is 24.3 Å². The quantitative estimate of drug-likeness (QED) is 0.589. The van der Waals surface area contributed by atoms with Crippen molar-refractivity contribution in [2.24, 2.45) is 0 Å². The summed E-state index contributed by atoms with van der Waals surface area (Å²) in [5.74, 6) is -0.987. The summed E-state index contributed by atoms with van der Waals surface area (Å²) >= 11 is 3.10. The van der Waals surface area contributed by atoms with Crippen molar-refractivity contribution in [2.75, 3.05) is 11.1 Å². The fourth-order valence-electron chi connectivity index (χ4n) is 1.56. The molecule has 0 unspecified atom stereocenters. The summed E-state index contributed by atoms with van der Waals surface area (Å²) in [5, 5.41) is 10.1. The standard InChI is InChI=1S/C13H10BrF2N3/c14-11-10(5-7(6-17)13(18)12(11)16)19-9-3-1-8(15)2-4-9/h1-6,17,19H,18H2. The molecule has 98 valence electrons. The fraction of sp³-hybridized carbons (Fsp3) is 0. The zero-order chi connectivity index (χ0) is 14.0. The van der Waals surface area contributed by atoms with Crippen LogP contribution in [0, 0.1) is 17.0 Å². The third-order valence-corrected chi connectivity index (χ3v) is 3.33. The Morgan fingerprint density at radius 3 is 2.42 bits per heavy atom. The van der Waals surface area contributed by atoms with Crippen molar-refractivity contribution in [1.82, 2.24) is 0 Å². The summed E-state index contributed by atoms with van der Waals surface area (Å²) in [4.78, 5) is 0. The minimum atomic E-state index is -0.634. The van der Waals surface area contributed by atoms with E-state index in [9.17, 15) is 8.78 Å². The second-order valence-corrected chi connectivity index (χ2v) is 4.62. The van der Waals surface area contributed by atoms with Gasteiger partial charge in [-0.3, -0.25) is 0 Å². The van der Waals surface area contributed by atoms with Gasteiger partial charge in [0.25, 0.3) is 0 Å². The lowest BCUT2D eigenvalue weighted by atomic mass is 10.1. The van der Waals surface area contributed by atoms with Crippen LogP contribution >= 0.6 is 15.9 Å². The van der Waals surface area contributed by atoms with Gasteiger partial charge < -0.3 is 16.5 Å². The summed E-state index contributed by atoms with van der Waals surface area (Å²) in [6.45, 7) is 0. The van der Waals surface area contributed by atoms with Gasteiger partial charge >= 0.3 is 0 Å². The Kier molecular flexibility index (Phi) is 3.80. The molecule has 0 bridgehead atoms. The highest BCUT2D eigenvalue weighted by atomic mass is 79.9. The summed E-state index contributed by atoms with van der Waals surface area (Å²) in [6, 6.07) is 7.18. The van der Waals surface area contributed by atoms with Gasteiger partial charge in [0.2, 0.25) is 0 Å². The van der Waals surface area contributed by atoms with Crippen LogP contribution in [-0.4, -0.2) is 6.21 Å². The SMILES string of the molecule is N=Cc1cc(Nc2ccc(F)cc2)c(Br)c(F)c1N. The van der Waals surface area contributed by atoms with E-state index in [4.69, 9.17) is 11.1 Å². The third-order valence-electron chi connectivity index (χ3n) is 2.56. The van der Waals surface area contributed by atoms with Crippen LogP contribution in [-0.2, 0) is 0 Å². The average Bonchev–Trinajstić information content (AvgIpc) is 2.42. The van der Waals surface area contributed by atoms with Crippen molar-refractivity contribution >= 4 is 39.2 Å². The van der Waals surface area contributed by atoms with Gasteiger partial charge in [0.05, 0.1) is 15.8 Å². The molecule has 0 heterocycles. The van der Waals surface area contributed by atoms with Gasteiger partial charge in [-0.1, -0.05) is 0 Å². The van der Waals surface area contributed by atoms with Gasteiger partial charge in [0.15, 0.2) is 5.82 Å². The number of nitrogen functional groups attached to an aromatic ring is 1. The van der Waals surface area contributed by atoms with Gasteiger partial charge in [0.1, 0.15) is 5.82 Å². The van der Waals surface area contributed by atoms with E-state index in [0.717, 1.165) is 6.21 Å². The predicted molar refractivity (Wildman–Crippen MR) is 76.1 cm³/mol. The lowest BCUT2D eigenvalue weighted by Crippen LogP contribution is -2.02. The minimum absolute atomic E-state index is 0.0912. The molecule has 0 radical (unpaired) electrons. The van der Waals surface area contributed by atoms with Crippen molar-refractivity contribution in [1.29, 1.82) is 5.41 Å². The molecule has 0 saturated carbocycles. The van der Waals surface area contributed by atoms with Crippen LogP contribution in [0.2, 0.25) is 0 Å². The van der Waals surface area contributed by atoms with Crippen molar-refractivity contribution in [3.8, 4) is 0 Å². The van der Waals surface area contributed by atoms with Crippen LogP contribution in [0.4, 0.5) is 25.8 Å². The molecule has 2 aromatic carbocycles. The third kappa shape index (κ3) is 2.73. The van der Waals surface area contributed by atoms with E-state index in [-0.39, 0.29) is 21.5 Å². The molecule has 4 N–H and O–H groups in total. The van der Waals surface area contributed by atoms with E-state index in [1.54, 1.807) is 6.07 Å². The molecule has 0 amide bonds. The Hall–Kier alpha value is -1.95. The first-order chi connectivity index (χ1) is 9.02. The molecule has 0 aromatic heterocycles. The maximum Gasteiger partial charge on any atom is 0.163 e. The van der Waals surface area contributed by atoms with E-state index < -0.39 is 5.82 Å². The first kappa shape index (κ1) is 13.5. The molecule has 3 nitrogen and oxygen atoms in total. The van der Waals surface area contributed by atoms with Gasteiger partial charge in [-0.2, -0.15) is 0 Å². The van der Waals surface area contributed by atoms with Crippen LogP contribution in [0.15, 0.2) is 34.8 Å². The molecule has 0 atom stereocenters. The summed E-state index contributed by atoms with van der Waals surface area (Å²) < 4.78 is 26.8. The first-order valence-electron chi connectivity index (χ1n) is 5.33. The number of halogens is 3. The number of hydrogen-bond donors (Lipinski definition) is 3. The molecule has 0 aliphatic carbocycles. The maximum atomic E-state index is 13.8.